The molecule has 1 amide bonds. The van der Waals surface area contributed by atoms with Crippen molar-refractivity contribution in [2.45, 2.75) is 43.8 Å². The molecule has 242 valence electrons. The number of rotatable bonds is 10. The van der Waals surface area contributed by atoms with Gasteiger partial charge in [-0.1, -0.05) is 103 Å². The number of aliphatic hydroxyl groups excluding tert-OH is 1. The summed E-state index contributed by atoms with van der Waals surface area (Å²) in [4.78, 5) is 32.5. The van der Waals surface area contributed by atoms with Crippen molar-refractivity contribution in [2.75, 3.05) is 6.54 Å². The van der Waals surface area contributed by atoms with Crippen LogP contribution in [-0.4, -0.2) is 51.3 Å². The molecule has 1 fully saturated rings. The number of hydrogen-bond acceptors (Lipinski definition) is 5. The van der Waals surface area contributed by atoms with Gasteiger partial charge in [0.05, 0.1) is 23.2 Å². The van der Waals surface area contributed by atoms with Gasteiger partial charge in [0.25, 0.3) is 0 Å². The number of carbonyl (C=O) groups is 2. The van der Waals surface area contributed by atoms with Crippen LogP contribution in [0.3, 0.4) is 0 Å². The number of carbonyl (C=O) groups excluding carboxylic acids is 1. The Kier molecular flexibility index (Phi) is 11.5. The molecule has 4 aromatic rings. The summed E-state index contributed by atoms with van der Waals surface area (Å²) in [6, 6.07) is 26.6. The summed E-state index contributed by atoms with van der Waals surface area (Å²) < 4.78 is 41.3. The van der Waals surface area contributed by atoms with Gasteiger partial charge in [-0.05, 0) is 42.1 Å². The van der Waals surface area contributed by atoms with Gasteiger partial charge in [-0.25, -0.2) is 4.79 Å². The normalized spacial score (nSPS) is 16.7. The van der Waals surface area contributed by atoms with Crippen molar-refractivity contribution in [3.63, 3.8) is 0 Å². The van der Waals surface area contributed by atoms with Crippen molar-refractivity contribution in [1.82, 2.24) is 4.90 Å². The minimum atomic E-state index is -4.83. The van der Waals surface area contributed by atoms with E-state index in [1.807, 2.05) is 30.3 Å². The number of carboxylic acids is 1. The van der Waals surface area contributed by atoms with E-state index in [0.717, 1.165) is 36.7 Å². The average Bonchev–Trinajstić information content (AvgIpc) is 3.50. The van der Waals surface area contributed by atoms with E-state index in [0.29, 0.717) is 24.1 Å². The minimum absolute atomic E-state index is 0. The first-order chi connectivity index (χ1) is 21.6. The van der Waals surface area contributed by atoms with Gasteiger partial charge in [-0.3, -0.25) is 9.89 Å². The third kappa shape index (κ3) is 8.09. The number of benzene rings is 4. The van der Waals surface area contributed by atoms with Crippen molar-refractivity contribution in [2.24, 2.45) is 4.99 Å². The zero-order valence-corrected chi connectivity index (χ0v) is 25.4. The molecule has 0 aliphatic carbocycles. The quantitative estimate of drug-likeness (QED) is 0.141. The van der Waals surface area contributed by atoms with Crippen molar-refractivity contribution in [3.8, 4) is 0 Å². The molecule has 4 aromatic carbocycles. The fourth-order valence-corrected chi connectivity index (χ4v) is 5.56. The predicted octanol–water partition coefficient (Wildman–Crippen LogP) is 6.92. The van der Waals surface area contributed by atoms with Gasteiger partial charge in [0.1, 0.15) is 6.10 Å². The molecular formula is C35H31F3N3NiO4-. The molecule has 1 aliphatic heterocycles. The van der Waals surface area contributed by atoms with Crippen LogP contribution in [0.1, 0.15) is 46.8 Å². The second-order valence-electron chi connectivity index (χ2n) is 10.7. The summed E-state index contributed by atoms with van der Waals surface area (Å²) in [5, 5.41) is 25.7. The fourth-order valence-electron chi connectivity index (χ4n) is 5.56. The Balaban J connectivity index is 0.00000480. The van der Waals surface area contributed by atoms with Gasteiger partial charge in [0.2, 0.25) is 0 Å². The van der Waals surface area contributed by atoms with Crippen LogP contribution in [0.15, 0.2) is 114 Å². The number of aliphatic hydroxyl groups is 1. The van der Waals surface area contributed by atoms with E-state index in [1.54, 1.807) is 54.6 Å². The number of alkyl halides is 3. The van der Waals surface area contributed by atoms with Crippen LogP contribution in [0.25, 0.3) is 5.32 Å². The zero-order valence-electron chi connectivity index (χ0n) is 24.5. The molecule has 0 unspecified atom stereocenters. The first-order valence-electron chi connectivity index (χ1n) is 14.5. The molecule has 1 aliphatic rings. The monoisotopic (exact) mass is 672 g/mol. The fraction of sp³-hybridized carbons (Fsp3) is 0.229. The molecule has 1 heterocycles. The van der Waals surface area contributed by atoms with Crippen molar-refractivity contribution < 1.29 is 49.5 Å². The Morgan fingerprint density at radius 3 is 2.17 bits per heavy atom. The standard InChI is InChI=1S/C35H32F3N3O4.Ni/c36-35(37,38)27-18-9-7-16-25(27)32(42)31(34(44)45)40-30(24-14-5-2-6-15-24)26-17-8-10-19-28(26)39-33(43)29-20-11-21-41(29)22-23-12-3-1-4-13-23;/h1-10,12-19,29,31-32,42H,11,20-22H2,(H2,39,40,43,44,45);/p-1/t29-,31+,32+;/m0./s1. The van der Waals surface area contributed by atoms with E-state index in [2.05, 4.69) is 15.2 Å². The van der Waals surface area contributed by atoms with E-state index in [-0.39, 0.29) is 33.8 Å². The molecule has 7 nitrogen and oxygen atoms in total. The number of nitrogens with zero attached hydrogens (tertiary/aromatic N) is 3. The van der Waals surface area contributed by atoms with Gasteiger partial charge in [-0.15, -0.1) is 5.69 Å². The maximum atomic E-state index is 13.8. The van der Waals surface area contributed by atoms with Crippen LogP contribution < -0.4 is 0 Å². The number of halogens is 3. The summed E-state index contributed by atoms with van der Waals surface area (Å²) in [5.41, 5.74) is 0.326. The van der Waals surface area contributed by atoms with Crippen LogP contribution in [0.4, 0.5) is 18.9 Å². The Labute approximate surface area is 274 Å². The van der Waals surface area contributed by atoms with Gasteiger partial charge in [0.15, 0.2) is 6.04 Å². The zero-order chi connectivity index (χ0) is 32.0. The molecule has 0 bridgehead atoms. The number of carboxylic acid groups (broad SMARTS) is 1. The van der Waals surface area contributed by atoms with Crippen LogP contribution in [0.5, 0.6) is 0 Å². The molecule has 1 saturated heterocycles. The maximum Gasteiger partial charge on any atom is 0.416 e. The first-order valence-corrected chi connectivity index (χ1v) is 14.5. The smallest absolute Gasteiger partial charge is 0.416 e. The maximum absolute atomic E-state index is 13.8. The predicted molar refractivity (Wildman–Crippen MR) is 164 cm³/mol. The third-order valence-electron chi connectivity index (χ3n) is 7.72. The molecule has 0 aromatic heterocycles. The van der Waals surface area contributed by atoms with Crippen LogP contribution >= 0.6 is 0 Å². The van der Waals surface area contributed by atoms with Crippen LogP contribution in [0, 0.1) is 0 Å². The Morgan fingerprint density at radius 2 is 1.50 bits per heavy atom. The molecule has 5 rings (SSSR count). The molecule has 2 N–H and O–H groups in total. The molecule has 0 spiro atoms. The minimum Gasteiger partial charge on any atom is -0.625 e. The van der Waals surface area contributed by atoms with Gasteiger partial charge in [-0.2, -0.15) is 13.2 Å². The van der Waals surface area contributed by atoms with E-state index in [9.17, 15) is 33.0 Å². The Morgan fingerprint density at radius 1 is 0.891 bits per heavy atom. The van der Waals surface area contributed by atoms with Gasteiger partial charge >= 0.3 is 12.1 Å². The van der Waals surface area contributed by atoms with E-state index < -0.39 is 41.5 Å². The first kappa shape index (κ1) is 34.6. The van der Waals surface area contributed by atoms with Gasteiger partial charge < -0.3 is 20.3 Å². The largest absolute Gasteiger partial charge is 0.625 e. The number of hydrogen-bond donors (Lipinski definition) is 2. The summed E-state index contributed by atoms with van der Waals surface area (Å²) in [5.74, 6) is -1.99. The molecule has 0 saturated carbocycles. The van der Waals surface area contributed by atoms with Crippen LogP contribution in [-0.2, 0) is 38.8 Å². The number of aliphatic imine (C=N–C) groups is 1. The van der Waals surface area contributed by atoms with Gasteiger partial charge in [0, 0.05) is 28.6 Å². The average molecular weight is 673 g/mol. The summed E-state index contributed by atoms with van der Waals surface area (Å²) in [7, 11) is 0. The third-order valence-corrected chi connectivity index (χ3v) is 7.72. The molecular weight excluding hydrogens is 642 g/mol. The summed E-state index contributed by atoms with van der Waals surface area (Å²) >= 11 is 0. The van der Waals surface area contributed by atoms with Crippen LogP contribution in [0.2, 0.25) is 0 Å². The second kappa shape index (κ2) is 15.3. The van der Waals surface area contributed by atoms with E-state index in [1.165, 1.54) is 6.07 Å². The molecule has 0 radical (unpaired) electrons. The Bertz CT molecular complexity index is 1670. The summed E-state index contributed by atoms with van der Waals surface area (Å²) in [6.45, 7) is 1.32. The topological polar surface area (TPSA) is 104 Å². The van der Waals surface area contributed by atoms with Crippen molar-refractivity contribution in [3.05, 3.63) is 142 Å². The molecule has 3 atom stereocenters. The summed E-state index contributed by atoms with van der Waals surface area (Å²) in [6.07, 6.45) is -5.50. The second-order valence-corrected chi connectivity index (χ2v) is 10.7. The number of para-hydroxylation sites is 1. The molecule has 46 heavy (non-hydrogen) atoms. The Hall–Kier alpha value is -4.31. The number of aliphatic carboxylic acids is 1. The molecule has 11 heteroatoms. The number of likely N-dealkylation sites (tertiary alicyclic amines) is 1. The van der Waals surface area contributed by atoms with E-state index >= 15 is 0 Å². The number of amides is 1. The SMILES string of the molecule is O=C(O)[C@H](N=C(c1ccccc1)c1ccccc1[N-]C(=O)[C@@H]1CCCN1Cc1ccccc1)[C@H](O)c1ccccc1C(F)(F)F.[Ni]. The van der Waals surface area contributed by atoms with E-state index in [4.69, 9.17) is 0 Å². The van der Waals surface area contributed by atoms with Crippen molar-refractivity contribution >= 4 is 23.3 Å². The van der Waals surface area contributed by atoms with Crippen molar-refractivity contribution in [1.29, 1.82) is 0 Å².